The van der Waals surface area contributed by atoms with Gasteiger partial charge >= 0.3 is 0 Å². The molecule has 0 spiro atoms. The fourth-order valence-electron chi connectivity index (χ4n) is 2.86. The van der Waals surface area contributed by atoms with Crippen molar-refractivity contribution < 1.29 is 19.8 Å². The zero-order valence-corrected chi connectivity index (χ0v) is 14.7. The summed E-state index contributed by atoms with van der Waals surface area (Å²) in [6, 6.07) is 9.06. The van der Waals surface area contributed by atoms with Gasteiger partial charge in [-0.25, -0.2) is 0 Å². The van der Waals surface area contributed by atoms with Crippen LogP contribution in [0.2, 0.25) is 0 Å². The van der Waals surface area contributed by atoms with Crippen LogP contribution in [0.25, 0.3) is 0 Å². The predicted octanol–water partition coefficient (Wildman–Crippen LogP) is 0.895. The Labute approximate surface area is 149 Å². The summed E-state index contributed by atoms with van der Waals surface area (Å²) in [7, 11) is 0. The summed E-state index contributed by atoms with van der Waals surface area (Å²) in [5.41, 5.74) is 11.6. The van der Waals surface area contributed by atoms with Crippen molar-refractivity contribution in [2.45, 2.75) is 44.4 Å². The first-order valence-corrected chi connectivity index (χ1v) is 8.56. The molecular formula is C19H29N2O4. The molecule has 0 aliphatic heterocycles. The zero-order chi connectivity index (χ0) is 18.9. The maximum absolute atomic E-state index is 12.9. The molecule has 1 radical (unpaired) electrons. The van der Waals surface area contributed by atoms with Gasteiger partial charge in [0.05, 0.1) is 0 Å². The summed E-state index contributed by atoms with van der Waals surface area (Å²) in [6.07, 6.45) is 1.55. The Kier molecular flexibility index (Phi) is 8.92. The molecule has 0 bridgehead atoms. The number of Topliss-reactive ketones (excluding diaryl/α,β-unsaturated/α-hetero) is 1. The van der Waals surface area contributed by atoms with Gasteiger partial charge in [-0.1, -0.05) is 37.3 Å². The molecule has 0 saturated carbocycles. The van der Waals surface area contributed by atoms with E-state index in [4.69, 9.17) is 21.7 Å². The maximum atomic E-state index is 12.9. The Hall–Kier alpha value is -1.60. The number of benzene rings is 1. The van der Waals surface area contributed by atoms with Crippen LogP contribution in [0.15, 0.2) is 30.3 Å². The molecule has 25 heavy (non-hydrogen) atoms. The summed E-state index contributed by atoms with van der Waals surface area (Å²) >= 11 is 0. The highest BCUT2D eigenvalue weighted by molar-refractivity contribution is 5.89. The first-order chi connectivity index (χ1) is 11.8. The van der Waals surface area contributed by atoms with E-state index in [1.54, 1.807) is 12.1 Å². The lowest BCUT2D eigenvalue weighted by Gasteiger charge is -2.33. The molecule has 0 saturated heterocycles. The number of aldehydes is 1. The maximum Gasteiger partial charge on any atom is 0.157 e. The quantitative estimate of drug-likeness (QED) is 0.328. The number of carbonyl (C=O) groups is 2. The van der Waals surface area contributed by atoms with Gasteiger partial charge in [0.2, 0.25) is 0 Å². The van der Waals surface area contributed by atoms with E-state index in [-0.39, 0.29) is 36.9 Å². The molecule has 3 atom stereocenters. The fourth-order valence-corrected chi connectivity index (χ4v) is 2.86. The Morgan fingerprint density at radius 2 is 1.88 bits per heavy atom. The van der Waals surface area contributed by atoms with Crippen molar-refractivity contribution in [2.75, 3.05) is 6.54 Å². The van der Waals surface area contributed by atoms with E-state index in [1.165, 1.54) is 6.42 Å². The molecule has 6 nitrogen and oxygen atoms in total. The normalized spacial score (nSPS) is 16.2. The molecule has 1 rings (SSSR count). The first kappa shape index (κ1) is 21.4. The minimum absolute atomic E-state index is 0.00639. The Morgan fingerprint density at radius 3 is 2.40 bits per heavy atom. The summed E-state index contributed by atoms with van der Waals surface area (Å²) in [6.45, 7) is 2.28. The lowest BCUT2D eigenvalue weighted by atomic mass is 9.75. The topological polar surface area (TPSA) is 127 Å². The molecule has 6 heteroatoms. The van der Waals surface area contributed by atoms with E-state index < -0.39 is 11.8 Å². The van der Waals surface area contributed by atoms with Crippen molar-refractivity contribution in [3.8, 4) is 0 Å². The lowest BCUT2D eigenvalue weighted by molar-refractivity contribution is -0.126. The molecule has 0 aliphatic rings. The molecule has 0 aliphatic carbocycles. The number of ketones is 1. The van der Waals surface area contributed by atoms with E-state index in [1.807, 2.05) is 25.1 Å². The molecule has 0 fully saturated rings. The van der Waals surface area contributed by atoms with E-state index in [0.717, 1.165) is 0 Å². The lowest BCUT2D eigenvalue weighted by Crippen LogP contribution is -2.47. The standard InChI is InChI=1S/C19H29N2O4/c1-14(13-20)11-17(23)19(21,16-5-3-2-4-6-16)12-15(9-10-22)7-8-18(24)25/h2-6,9-10,14-15,18,24-25H,7-8,11-13,20-21H2,1H3. The van der Waals surface area contributed by atoms with Crippen molar-refractivity contribution in [3.63, 3.8) is 0 Å². The molecule has 6 N–H and O–H groups in total. The fraction of sp³-hybridized carbons (Fsp3) is 0.526. The third kappa shape index (κ3) is 6.66. The van der Waals surface area contributed by atoms with E-state index in [9.17, 15) is 9.59 Å². The molecule has 0 aromatic heterocycles. The Bertz CT molecular complexity index is 535. The van der Waals surface area contributed by atoms with Crippen molar-refractivity contribution >= 4 is 12.1 Å². The van der Waals surface area contributed by atoms with Crippen molar-refractivity contribution in [2.24, 2.45) is 23.3 Å². The Balaban J connectivity index is 3.07. The highest BCUT2D eigenvalue weighted by Gasteiger charge is 2.38. The van der Waals surface area contributed by atoms with Gasteiger partial charge in [-0.3, -0.25) is 4.79 Å². The first-order valence-electron chi connectivity index (χ1n) is 8.56. The molecular weight excluding hydrogens is 320 g/mol. The minimum atomic E-state index is -1.46. The summed E-state index contributed by atoms with van der Waals surface area (Å²) in [5, 5.41) is 18.2. The van der Waals surface area contributed by atoms with Crippen LogP contribution >= 0.6 is 0 Å². The van der Waals surface area contributed by atoms with Gasteiger partial charge in [0.25, 0.3) is 0 Å². The molecule has 3 unspecified atom stereocenters. The predicted molar refractivity (Wildman–Crippen MR) is 96.1 cm³/mol. The number of hydrogen-bond acceptors (Lipinski definition) is 6. The molecule has 0 amide bonds. The SMILES string of the molecule is CC(CN)CC(=O)C(N)(CC([CH]C=O)CCC(O)O)c1ccccc1. The van der Waals surface area contributed by atoms with Crippen LogP contribution in [-0.4, -0.2) is 35.1 Å². The molecule has 139 valence electrons. The number of nitrogens with two attached hydrogens (primary N) is 2. The third-order valence-electron chi connectivity index (χ3n) is 4.45. The highest BCUT2D eigenvalue weighted by Crippen LogP contribution is 2.32. The van der Waals surface area contributed by atoms with Crippen LogP contribution in [0, 0.1) is 18.3 Å². The monoisotopic (exact) mass is 349 g/mol. The molecule has 1 aromatic carbocycles. The summed E-state index contributed by atoms with van der Waals surface area (Å²) in [4.78, 5) is 23.9. The average molecular weight is 349 g/mol. The number of rotatable bonds is 12. The van der Waals surface area contributed by atoms with Crippen LogP contribution in [0.1, 0.15) is 38.2 Å². The largest absolute Gasteiger partial charge is 0.368 e. The molecule has 0 heterocycles. The smallest absolute Gasteiger partial charge is 0.157 e. The molecule has 1 aromatic rings. The summed E-state index contributed by atoms with van der Waals surface area (Å²) in [5.74, 6) is -0.459. The second-order valence-electron chi connectivity index (χ2n) is 6.66. The minimum Gasteiger partial charge on any atom is -0.368 e. The van der Waals surface area contributed by atoms with E-state index in [2.05, 4.69) is 0 Å². The Morgan fingerprint density at radius 1 is 1.24 bits per heavy atom. The number of aliphatic hydroxyl groups excluding tert-OH is 1. The number of carbonyl (C=O) groups excluding carboxylic acids is 2. The van der Waals surface area contributed by atoms with Crippen molar-refractivity contribution in [3.05, 3.63) is 42.3 Å². The van der Waals surface area contributed by atoms with Gasteiger partial charge in [0, 0.05) is 12.8 Å². The highest BCUT2D eigenvalue weighted by atomic mass is 16.5. The average Bonchev–Trinajstić information content (AvgIpc) is 2.60. The van der Waals surface area contributed by atoms with Crippen molar-refractivity contribution in [1.82, 2.24) is 0 Å². The van der Waals surface area contributed by atoms with Crippen LogP contribution < -0.4 is 11.5 Å². The zero-order valence-electron chi connectivity index (χ0n) is 14.7. The second-order valence-corrected chi connectivity index (χ2v) is 6.66. The van der Waals surface area contributed by atoms with Gasteiger partial charge in [-0.05, 0) is 43.2 Å². The number of aliphatic hydroxyl groups is 2. The number of hydrogen-bond donors (Lipinski definition) is 4. The third-order valence-corrected chi connectivity index (χ3v) is 4.45. The van der Waals surface area contributed by atoms with Crippen LogP contribution in [0.4, 0.5) is 0 Å². The van der Waals surface area contributed by atoms with E-state index in [0.29, 0.717) is 24.8 Å². The van der Waals surface area contributed by atoms with Crippen LogP contribution in [0.3, 0.4) is 0 Å². The van der Waals surface area contributed by atoms with Gasteiger partial charge in [-0.15, -0.1) is 0 Å². The van der Waals surface area contributed by atoms with Crippen LogP contribution in [-0.2, 0) is 15.1 Å². The van der Waals surface area contributed by atoms with Crippen LogP contribution in [0.5, 0.6) is 0 Å². The van der Waals surface area contributed by atoms with Gasteiger partial charge in [0.15, 0.2) is 12.1 Å². The summed E-state index contributed by atoms with van der Waals surface area (Å²) < 4.78 is 0. The van der Waals surface area contributed by atoms with Gasteiger partial charge < -0.3 is 26.5 Å². The second kappa shape index (κ2) is 10.4. The van der Waals surface area contributed by atoms with E-state index >= 15 is 0 Å². The van der Waals surface area contributed by atoms with Gasteiger partial charge in [0.1, 0.15) is 11.8 Å². The van der Waals surface area contributed by atoms with Gasteiger partial charge in [-0.2, -0.15) is 0 Å². The van der Waals surface area contributed by atoms with Crippen molar-refractivity contribution in [1.29, 1.82) is 0 Å².